The number of alkyl halides is 1. The minimum Gasteiger partial charge on any atom is -0.331 e. The van der Waals surface area contributed by atoms with Gasteiger partial charge in [-0.25, -0.2) is 4.98 Å². The van der Waals surface area contributed by atoms with Crippen molar-refractivity contribution in [3.8, 4) is 11.3 Å². The summed E-state index contributed by atoms with van der Waals surface area (Å²) in [5.74, 6) is 0.157. The standard InChI is InChI=1S/C20H19Cl2N3OS/c1-20(2,12-21)18(26)23-15-8-6-13(7-9-15)17-11-27-19(25-17)24-16-5-3-4-14(22)10-16/h3-11H,12H2,1-2H3,(H,23,26)(H,24,25). The van der Waals surface area contributed by atoms with E-state index < -0.39 is 5.41 Å². The molecular weight excluding hydrogens is 401 g/mol. The van der Waals surface area contributed by atoms with Gasteiger partial charge in [0.1, 0.15) is 0 Å². The van der Waals surface area contributed by atoms with Crippen LogP contribution in [0.4, 0.5) is 16.5 Å². The summed E-state index contributed by atoms with van der Waals surface area (Å²) in [6.07, 6.45) is 0. The zero-order chi connectivity index (χ0) is 19.4. The summed E-state index contributed by atoms with van der Waals surface area (Å²) < 4.78 is 0. The van der Waals surface area contributed by atoms with Gasteiger partial charge in [0.05, 0.1) is 11.1 Å². The van der Waals surface area contributed by atoms with E-state index in [2.05, 4.69) is 15.6 Å². The van der Waals surface area contributed by atoms with Gasteiger partial charge in [0.2, 0.25) is 5.91 Å². The molecule has 3 rings (SSSR count). The predicted octanol–water partition coefficient (Wildman–Crippen LogP) is 6.41. The van der Waals surface area contributed by atoms with Crippen LogP contribution in [0.25, 0.3) is 11.3 Å². The number of rotatable bonds is 6. The van der Waals surface area contributed by atoms with Crippen molar-refractivity contribution >= 4 is 57.0 Å². The van der Waals surface area contributed by atoms with E-state index in [1.807, 2.05) is 67.8 Å². The van der Waals surface area contributed by atoms with Gasteiger partial charge in [0, 0.05) is 33.2 Å². The maximum absolute atomic E-state index is 12.2. The first-order chi connectivity index (χ1) is 12.9. The number of halogens is 2. The van der Waals surface area contributed by atoms with E-state index in [-0.39, 0.29) is 11.8 Å². The van der Waals surface area contributed by atoms with Crippen molar-refractivity contribution in [3.63, 3.8) is 0 Å². The molecule has 140 valence electrons. The summed E-state index contributed by atoms with van der Waals surface area (Å²) in [6.45, 7) is 3.63. The number of anilines is 3. The van der Waals surface area contributed by atoms with Crippen LogP contribution in [0, 0.1) is 5.41 Å². The molecule has 3 aromatic rings. The number of carbonyl (C=O) groups is 1. The van der Waals surface area contributed by atoms with Gasteiger partial charge in [-0.05, 0) is 44.2 Å². The van der Waals surface area contributed by atoms with Gasteiger partial charge < -0.3 is 10.6 Å². The van der Waals surface area contributed by atoms with Gasteiger partial charge in [0.25, 0.3) is 0 Å². The van der Waals surface area contributed by atoms with Gasteiger partial charge in [-0.2, -0.15) is 0 Å². The Morgan fingerprint density at radius 3 is 2.56 bits per heavy atom. The van der Waals surface area contributed by atoms with Crippen LogP contribution in [0.5, 0.6) is 0 Å². The Labute approximate surface area is 172 Å². The predicted molar refractivity (Wildman–Crippen MR) is 115 cm³/mol. The average Bonchev–Trinajstić information content (AvgIpc) is 3.10. The van der Waals surface area contributed by atoms with Crippen LogP contribution in [-0.4, -0.2) is 16.8 Å². The number of hydrogen-bond acceptors (Lipinski definition) is 4. The molecule has 1 aromatic heterocycles. The number of thiazole rings is 1. The maximum atomic E-state index is 12.2. The lowest BCUT2D eigenvalue weighted by Crippen LogP contribution is -2.32. The minimum absolute atomic E-state index is 0.105. The van der Waals surface area contributed by atoms with Gasteiger partial charge in [0.15, 0.2) is 5.13 Å². The zero-order valence-corrected chi connectivity index (χ0v) is 17.3. The second-order valence-electron chi connectivity index (χ2n) is 6.72. The molecule has 0 fully saturated rings. The third-order valence-corrected chi connectivity index (χ3v) is 5.63. The molecule has 0 spiro atoms. The molecule has 0 saturated heterocycles. The molecule has 0 radical (unpaired) electrons. The Bertz CT molecular complexity index is 938. The van der Waals surface area contributed by atoms with Crippen molar-refractivity contribution in [2.75, 3.05) is 16.5 Å². The fourth-order valence-electron chi connectivity index (χ4n) is 2.24. The number of hydrogen-bond donors (Lipinski definition) is 2. The molecule has 0 saturated carbocycles. The van der Waals surface area contributed by atoms with E-state index in [1.54, 1.807) is 0 Å². The Morgan fingerprint density at radius 1 is 1.15 bits per heavy atom. The van der Waals surface area contributed by atoms with E-state index in [0.29, 0.717) is 5.02 Å². The van der Waals surface area contributed by atoms with Crippen molar-refractivity contribution in [1.82, 2.24) is 4.98 Å². The highest BCUT2D eigenvalue weighted by Crippen LogP contribution is 2.29. The summed E-state index contributed by atoms with van der Waals surface area (Å²) in [6, 6.07) is 15.1. The van der Waals surface area contributed by atoms with Gasteiger partial charge in [-0.3, -0.25) is 4.79 Å². The number of carbonyl (C=O) groups excluding carboxylic acids is 1. The number of amides is 1. The fraction of sp³-hybridized carbons (Fsp3) is 0.200. The maximum Gasteiger partial charge on any atom is 0.231 e. The third-order valence-electron chi connectivity index (χ3n) is 3.97. The highest BCUT2D eigenvalue weighted by Gasteiger charge is 2.26. The first-order valence-corrected chi connectivity index (χ1v) is 10.1. The molecule has 1 heterocycles. The van der Waals surface area contributed by atoms with Crippen LogP contribution in [0.3, 0.4) is 0 Å². The Balaban J connectivity index is 1.69. The molecule has 27 heavy (non-hydrogen) atoms. The lowest BCUT2D eigenvalue weighted by atomic mass is 9.95. The smallest absolute Gasteiger partial charge is 0.231 e. The molecule has 0 aliphatic carbocycles. The van der Waals surface area contributed by atoms with E-state index in [1.165, 1.54) is 11.3 Å². The lowest BCUT2D eigenvalue weighted by molar-refractivity contribution is -0.122. The average molecular weight is 420 g/mol. The topological polar surface area (TPSA) is 54.0 Å². The van der Waals surface area contributed by atoms with Crippen molar-refractivity contribution in [3.05, 3.63) is 58.9 Å². The van der Waals surface area contributed by atoms with Crippen molar-refractivity contribution < 1.29 is 4.79 Å². The molecule has 2 aromatic carbocycles. The van der Waals surface area contributed by atoms with E-state index in [4.69, 9.17) is 23.2 Å². The zero-order valence-electron chi connectivity index (χ0n) is 14.9. The molecule has 0 atom stereocenters. The summed E-state index contributed by atoms with van der Waals surface area (Å²) in [4.78, 5) is 16.8. The number of nitrogens with one attached hydrogen (secondary N) is 2. The summed E-state index contributed by atoms with van der Waals surface area (Å²) in [7, 11) is 0. The van der Waals surface area contributed by atoms with Crippen LogP contribution >= 0.6 is 34.5 Å². The van der Waals surface area contributed by atoms with Crippen molar-refractivity contribution in [2.45, 2.75) is 13.8 Å². The van der Waals surface area contributed by atoms with Gasteiger partial charge in [-0.1, -0.05) is 29.8 Å². The van der Waals surface area contributed by atoms with Gasteiger partial charge in [-0.15, -0.1) is 22.9 Å². The van der Waals surface area contributed by atoms with Crippen molar-refractivity contribution in [1.29, 1.82) is 0 Å². The summed E-state index contributed by atoms with van der Waals surface area (Å²) in [5.41, 5.74) is 2.84. The van der Waals surface area contributed by atoms with Crippen LogP contribution in [-0.2, 0) is 4.79 Å². The quantitative estimate of drug-likeness (QED) is 0.453. The van der Waals surface area contributed by atoms with Crippen LogP contribution in [0.1, 0.15) is 13.8 Å². The number of aromatic nitrogens is 1. The Morgan fingerprint density at radius 2 is 1.89 bits per heavy atom. The SMILES string of the molecule is CC(C)(CCl)C(=O)Nc1ccc(-c2csc(Nc3cccc(Cl)c3)n2)cc1. The van der Waals surface area contributed by atoms with Crippen LogP contribution in [0.15, 0.2) is 53.9 Å². The van der Waals surface area contributed by atoms with E-state index in [0.717, 1.165) is 27.8 Å². The Kier molecular flexibility index (Phi) is 6.05. The van der Waals surface area contributed by atoms with Crippen molar-refractivity contribution in [2.24, 2.45) is 5.41 Å². The first kappa shape index (κ1) is 19.7. The molecule has 7 heteroatoms. The number of benzene rings is 2. The monoisotopic (exact) mass is 419 g/mol. The molecule has 0 bridgehead atoms. The minimum atomic E-state index is -0.615. The summed E-state index contributed by atoms with van der Waals surface area (Å²) >= 11 is 13.4. The van der Waals surface area contributed by atoms with Crippen LogP contribution in [0.2, 0.25) is 5.02 Å². The Hall–Kier alpha value is -2.08. The molecule has 2 N–H and O–H groups in total. The molecular formula is C20H19Cl2N3OS. The largest absolute Gasteiger partial charge is 0.331 e. The molecule has 0 aliphatic heterocycles. The number of nitrogens with zero attached hydrogens (tertiary/aromatic N) is 1. The molecule has 0 aliphatic rings. The highest BCUT2D eigenvalue weighted by atomic mass is 35.5. The first-order valence-electron chi connectivity index (χ1n) is 8.33. The second kappa shape index (κ2) is 8.30. The van der Waals surface area contributed by atoms with E-state index >= 15 is 0 Å². The third kappa shape index (κ3) is 5.01. The molecule has 0 unspecified atom stereocenters. The highest BCUT2D eigenvalue weighted by molar-refractivity contribution is 7.14. The fourth-order valence-corrected chi connectivity index (χ4v) is 3.29. The van der Waals surface area contributed by atoms with Gasteiger partial charge >= 0.3 is 0 Å². The second-order valence-corrected chi connectivity index (χ2v) is 8.28. The normalized spacial score (nSPS) is 11.3. The molecule has 1 amide bonds. The summed E-state index contributed by atoms with van der Waals surface area (Å²) in [5, 5.41) is 9.58. The van der Waals surface area contributed by atoms with E-state index in [9.17, 15) is 4.79 Å². The molecule has 4 nitrogen and oxygen atoms in total. The van der Waals surface area contributed by atoms with Crippen LogP contribution < -0.4 is 10.6 Å². The lowest BCUT2D eigenvalue weighted by Gasteiger charge is -2.20.